The lowest BCUT2D eigenvalue weighted by atomic mass is 10.1. The number of hydrogen-bond acceptors (Lipinski definition) is 3. The standard InChI is InChI=1S/C20H21N3O3S/c1-15-8-10-16(11-9-15)13-23(17-6-4-3-5-7-17)27(25,26)18-12-19(20(21)24)22(2)14-18/h3-12,14H,13H2,1-2H3,(H2,21,24). The van der Waals surface area contributed by atoms with Gasteiger partial charge < -0.3 is 10.3 Å². The van der Waals surface area contributed by atoms with Crippen LogP contribution in [-0.4, -0.2) is 18.9 Å². The Kier molecular flexibility index (Phi) is 5.05. The van der Waals surface area contributed by atoms with Crippen molar-refractivity contribution in [2.45, 2.75) is 18.4 Å². The van der Waals surface area contributed by atoms with Gasteiger partial charge in [0.1, 0.15) is 10.6 Å². The highest BCUT2D eigenvalue weighted by Gasteiger charge is 2.27. The topological polar surface area (TPSA) is 85.4 Å². The monoisotopic (exact) mass is 383 g/mol. The van der Waals surface area contributed by atoms with Crippen molar-refractivity contribution in [3.63, 3.8) is 0 Å². The molecule has 0 spiro atoms. The average molecular weight is 383 g/mol. The first kappa shape index (κ1) is 18.7. The first-order chi connectivity index (χ1) is 12.8. The molecule has 2 aromatic carbocycles. The van der Waals surface area contributed by atoms with Crippen molar-refractivity contribution in [3.05, 3.63) is 83.7 Å². The van der Waals surface area contributed by atoms with Crippen LogP contribution in [0.2, 0.25) is 0 Å². The Bertz CT molecular complexity index is 1060. The van der Waals surface area contributed by atoms with Gasteiger partial charge in [-0.3, -0.25) is 9.10 Å². The highest BCUT2D eigenvalue weighted by Crippen LogP contribution is 2.27. The third kappa shape index (κ3) is 3.88. The minimum atomic E-state index is -3.89. The van der Waals surface area contributed by atoms with E-state index in [0.717, 1.165) is 11.1 Å². The highest BCUT2D eigenvalue weighted by molar-refractivity contribution is 7.92. The number of sulfonamides is 1. The Hall–Kier alpha value is -3.06. The molecule has 0 aliphatic carbocycles. The van der Waals surface area contributed by atoms with Gasteiger partial charge in [-0.25, -0.2) is 8.42 Å². The molecule has 0 radical (unpaired) electrons. The smallest absolute Gasteiger partial charge is 0.266 e. The zero-order chi connectivity index (χ0) is 19.6. The van der Waals surface area contributed by atoms with Gasteiger partial charge in [0.05, 0.1) is 12.2 Å². The summed E-state index contributed by atoms with van der Waals surface area (Å²) in [6.45, 7) is 2.15. The zero-order valence-electron chi connectivity index (χ0n) is 15.2. The fourth-order valence-corrected chi connectivity index (χ4v) is 4.34. The third-order valence-electron chi connectivity index (χ3n) is 4.31. The molecule has 6 nitrogen and oxygen atoms in total. The maximum Gasteiger partial charge on any atom is 0.266 e. The van der Waals surface area contributed by atoms with Gasteiger partial charge in [0.2, 0.25) is 0 Å². The van der Waals surface area contributed by atoms with Crippen LogP contribution in [0.5, 0.6) is 0 Å². The molecule has 27 heavy (non-hydrogen) atoms. The van der Waals surface area contributed by atoms with E-state index >= 15 is 0 Å². The predicted octanol–water partition coefficient (Wildman–Crippen LogP) is 2.83. The van der Waals surface area contributed by atoms with Gasteiger partial charge in [-0.2, -0.15) is 0 Å². The number of rotatable bonds is 6. The second-order valence-electron chi connectivity index (χ2n) is 6.37. The molecule has 0 saturated heterocycles. The van der Waals surface area contributed by atoms with Gasteiger partial charge in [-0.1, -0.05) is 48.0 Å². The largest absolute Gasteiger partial charge is 0.364 e. The molecule has 0 saturated carbocycles. The molecule has 1 heterocycles. The van der Waals surface area contributed by atoms with Crippen LogP contribution >= 0.6 is 0 Å². The van der Waals surface area contributed by atoms with Crippen molar-refractivity contribution in [3.8, 4) is 0 Å². The molecule has 0 bridgehead atoms. The molecule has 140 valence electrons. The van der Waals surface area contributed by atoms with E-state index in [1.165, 1.54) is 21.1 Å². The summed E-state index contributed by atoms with van der Waals surface area (Å²) in [6.07, 6.45) is 1.40. The Balaban J connectivity index is 2.07. The number of hydrogen-bond donors (Lipinski definition) is 1. The van der Waals surface area contributed by atoms with Crippen molar-refractivity contribution in [2.75, 3.05) is 4.31 Å². The number of para-hydroxylation sites is 1. The van der Waals surface area contributed by atoms with Crippen molar-refractivity contribution in [1.82, 2.24) is 4.57 Å². The number of nitrogens with two attached hydrogens (primary N) is 1. The van der Waals surface area contributed by atoms with Crippen molar-refractivity contribution < 1.29 is 13.2 Å². The molecule has 0 fully saturated rings. The maximum atomic E-state index is 13.4. The van der Waals surface area contributed by atoms with Gasteiger partial charge in [0.25, 0.3) is 15.9 Å². The van der Waals surface area contributed by atoms with Gasteiger partial charge >= 0.3 is 0 Å². The Morgan fingerprint density at radius 2 is 1.70 bits per heavy atom. The SMILES string of the molecule is Cc1ccc(CN(c2ccccc2)S(=O)(=O)c2cc(C(N)=O)n(C)c2)cc1. The van der Waals surface area contributed by atoms with Crippen LogP contribution < -0.4 is 10.0 Å². The summed E-state index contributed by atoms with van der Waals surface area (Å²) in [5, 5.41) is 0. The molecule has 1 aromatic heterocycles. The summed E-state index contributed by atoms with van der Waals surface area (Å²) in [5.41, 5.74) is 7.97. The minimum Gasteiger partial charge on any atom is -0.364 e. The number of nitrogens with zero attached hydrogens (tertiary/aromatic N) is 2. The molecule has 0 unspecified atom stereocenters. The summed E-state index contributed by atoms with van der Waals surface area (Å²) in [4.78, 5) is 11.5. The molecule has 3 rings (SSSR count). The Morgan fingerprint density at radius 3 is 2.26 bits per heavy atom. The van der Waals surface area contributed by atoms with E-state index in [2.05, 4.69) is 0 Å². The lowest BCUT2D eigenvalue weighted by molar-refractivity contribution is 0.0992. The number of aryl methyl sites for hydroxylation is 2. The van der Waals surface area contributed by atoms with Crippen LogP contribution in [0.25, 0.3) is 0 Å². The van der Waals surface area contributed by atoms with E-state index in [0.29, 0.717) is 5.69 Å². The van der Waals surface area contributed by atoms with E-state index < -0.39 is 15.9 Å². The normalized spacial score (nSPS) is 11.3. The lowest BCUT2D eigenvalue weighted by Gasteiger charge is -2.24. The molecular formula is C20H21N3O3S. The lowest BCUT2D eigenvalue weighted by Crippen LogP contribution is -2.30. The quantitative estimate of drug-likeness (QED) is 0.710. The number of benzene rings is 2. The Morgan fingerprint density at radius 1 is 1.07 bits per heavy atom. The predicted molar refractivity (Wildman–Crippen MR) is 105 cm³/mol. The van der Waals surface area contributed by atoms with Crippen LogP contribution in [0.1, 0.15) is 21.6 Å². The fraction of sp³-hybridized carbons (Fsp3) is 0.150. The second kappa shape index (κ2) is 7.28. The highest BCUT2D eigenvalue weighted by atomic mass is 32.2. The number of anilines is 1. The first-order valence-corrected chi connectivity index (χ1v) is 9.82. The summed E-state index contributed by atoms with van der Waals surface area (Å²) in [7, 11) is -2.30. The van der Waals surface area contributed by atoms with Crippen LogP contribution in [0, 0.1) is 6.92 Å². The fourth-order valence-electron chi connectivity index (χ4n) is 2.82. The summed E-state index contributed by atoms with van der Waals surface area (Å²) >= 11 is 0. The molecule has 1 amide bonds. The van der Waals surface area contributed by atoms with E-state index in [1.807, 2.05) is 37.3 Å². The van der Waals surface area contributed by atoms with Gasteiger partial charge in [-0.15, -0.1) is 0 Å². The van der Waals surface area contributed by atoms with Crippen molar-refractivity contribution in [1.29, 1.82) is 0 Å². The molecule has 2 N–H and O–H groups in total. The van der Waals surface area contributed by atoms with Crippen LogP contribution in [0.15, 0.2) is 71.8 Å². The van der Waals surface area contributed by atoms with E-state index in [4.69, 9.17) is 5.73 Å². The average Bonchev–Trinajstić information content (AvgIpc) is 3.04. The number of aromatic nitrogens is 1. The summed E-state index contributed by atoms with van der Waals surface area (Å²) in [6, 6.07) is 17.9. The van der Waals surface area contributed by atoms with E-state index in [1.54, 1.807) is 31.3 Å². The van der Waals surface area contributed by atoms with Crippen LogP contribution in [0.3, 0.4) is 0 Å². The number of carbonyl (C=O) groups excluding carboxylic acids is 1. The molecular weight excluding hydrogens is 362 g/mol. The molecule has 3 aromatic rings. The molecule has 0 atom stereocenters. The maximum absolute atomic E-state index is 13.4. The van der Waals surface area contributed by atoms with Crippen LogP contribution in [0.4, 0.5) is 5.69 Å². The number of carbonyl (C=O) groups is 1. The van der Waals surface area contributed by atoms with E-state index in [9.17, 15) is 13.2 Å². The molecule has 0 aliphatic heterocycles. The number of primary amides is 1. The van der Waals surface area contributed by atoms with Crippen LogP contribution in [-0.2, 0) is 23.6 Å². The van der Waals surface area contributed by atoms with Gasteiger partial charge in [-0.05, 0) is 30.7 Å². The van der Waals surface area contributed by atoms with Gasteiger partial charge in [0.15, 0.2) is 0 Å². The summed E-state index contributed by atoms with van der Waals surface area (Å²) in [5.74, 6) is -0.677. The molecule has 7 heteroatoms. The number of amides is 1. The van der Waals surface area contributed by atoms with Crippen molar-refractivity contribution >= 4 is 21.6 Å². The molecule has 0 aliphatic rings. The van der Waals surface area contributed by atoms with Gasteiger partial charge in [0, 0.05) is 13.2 Å². The third-order valence-corrected chi connectivity index (χ3v) is 6.05. The zero-order valence-corrected chi connectivity index (χ0v) is 16.0. The Labute approximate surface area is 158 Å². The first-order valence-electron chi connectivity index (χ1n) is 8.38. The van der Waals surface area contributed by atoms with E-state index in [-0.39, 0.29) is 17.1 Å². The van der Waals surface area contributed by atoms with Crippen molar-refractivity contribution in [2.24, 2.45) is 12.8 Å². The minimum absolute atomic E-state index is 0.0229. The second-order valence-corrected chi connectivity index (χ2v) is 8.23. The summed E-state index contributed by atoms with van der Waals surface area (Å²) < 4.78 is 29.5.